The lowest BCUT2D eigenvalue weighted by atomic mass is 10.3. The number of hydrogen-bond donors (Lipinski definition) is 0. The average molecular weight is 222 g/mol. The first-order valence-corrected chi connectivity index (χ1v) is 8.97. The van der Waals surface area contributed by atoms with Gasteiger partial charge in [0.05, 0.1) is 0 Å². The molecule has 0 heterocycles. The molecule has 0 atom stereocenters. The summed E-state index contributed by atoms with van der Waals surface area (Å²) in [5.41, 5.74) is 0. The molecule has 0 N–H and O–H groups in total. The average Bonchev–Trinajstić information content (AvgIpc) is 2.09. The van der Waals surface area contributed by atoms with Crippen LogP contribution in [0.5, 0.6) is 0 Å². The van der Waals surface area contributed by atoms with Crippen molar-refractivity contribution in [2.24, 2.45) is 0 Å². The molecule has 0 aliphatic rings. The molecule has 0 bridgehead atoms. The van der Waals surface area contributed by atoms with E-state index in [0.717, 1.165) is 13.2 Å². The van der Waals surface area contributed by atoms with Gasteiger partial charge in [0.15, 0.2) is 0 Å². The number of halogens is 1. The highest BCUT2D eigenvalue weighted by molar-refractivity contribution is 6.55. The van der Waals surface area contributed by atoms with Crippen molar-refractivity contribution in [3.05, 3.63) is 0 Å². The van der Waals surface area contributed by atoms with Gasteiger partial charge < -0.3 is 4.74 Å². The Kier molecular flexibility index (Phi) is 15.5. The van der Waals surface area contributed by atoms with Gasteiger partial charge in [0.25, 0.3) is 0 Å². The molecule has 88 valence electrons. The summed E-state index contributed by atoms with van der Waals surface area (Å²) in [7, 11) is -0.296. The van der Waals surface area contributed by atoms with Gasteiger partial charge in [0, 0.05) is 22.0 Å². The van der Waals surface area contributed by atoms with Gasteiger partial charge in [0.1, 0.15) is 0 Å². The molecule has 0 fully saturated rings. The van der Waals surface area contributed by atoms with Crippen LogP contribution in [0.2, 0.25) is 19.1 Å². The van der Waals surface area contributed by atoms with E-state index in [1.54, 1.807) is 0 Å². The van der Waals surface area contributed by atoms with Crippen LogP contribution in [0.4, 0.5) is 4.70 Å². The van der Waals surface area contributed by atoms with Gasteiger partial charge >= 0.3 is 0 Å². The third-order valence-corrected chi connectivity index (χ3v) is 3.78. The van der Waals surface area contributed by atoms with Crippen molar-refractivity contribution in [3.8, 4) is 0 Å². The molecule has 0 aliphatic heterocycles. The molecule has 0 saturated heterocycles. The Balaban J connectivity index is 0. The molecule has 14 heavy (non-hydrogen) atoms. The Morgan fingerprint density at radius 1 is 0.929 bits per heavy atom. The van der Waals surface area contributed by atoms with Crippen LogP contribution >= 0.6 is 0 Å². The Labute approximate surface area is 90.2 Å². The first-order chi connectivity index (χ1) is 6.27. The maximum absolute atomic E-state index is 5.53. The van der Waals surface area contributed by atoms with Crippen molar-refractivity contribution in [2.75, 3.05) is 13.2 Å². The number of ether oxygens (including phenoxy) is 1. The van der Waals surface area contributed by atoms with E-state index in [1.165, 1.54) is 38.1 Å². The normalized spacial score (nSPS) is 10.3. The minimum Gasteiger partial charge on any atom is -0.381 e. The summed E-state index contributed by atoms with van der Waals surface area (Å²) in [4.78, 5) is 0. The summed E-state index contributed by atoms with van der Waals surface area (Å²) >= 11 is 0. The Hall–Kier alpha value is 0.107. The number of hydrogen-bond acceptors (Lipinski definition) is 1. The molecule has 1 nitrogen and oxygen atoms in total. The van der Waals surface area contributed by atoms with E-state index in [4.69, 9.17) is 4.74 Å². The molecule has 0 saturated carbocycles. The van der Waals surface area contributed by atoms with Crippen LogP contribution in [0.25, 0.3) is 0 Å². The van der Waals surface area contributed by atoms with Crippen LogP contribution in [0.3, 0.4) is 0 Å². The van der Waals surface area contributed by atoms with Gasteiger partial charge in [-0.3, -0.25) is 4.70 Å². The monoisotopic (exact) mass is 222 g/mol. The van der Waals surface area contributed by atoms with E-state index in [9.17, 15) is 0 Å². The molecule has 0 aromatic rings. The fraction of sp³-hybridized carbons (Fsp3) is 1.00. The highest BCUT2D eigenvalue weighted by atomic mass is 28.3. The summed E-state index contributed by atoms with van der Waals surface area (Å²) in [6, 6.07) is 1.48. The van der Waals surface area contributed by atoms with Gasteiger partial charge in [-0.1, -0.05) is 45.3 Å². The molecule has 0 aromatic carbocycles. The second kappa shape index (κ2) is 13.1. The molecule has 0 aromatic heterocycles. The fourth-order valence-corrected chi connectivity index (χ4v) is 2.42. The summed E-state index contributed by atoms with van der Waals surface area (Å²) in [6.07, 6.45) is 6.52. The zero-order valence-electron chi connectivity index (χ0n) is 10.1. The van der Waals surface area contributed by atoms with Gasteiger partial charge in [-0.2, -0.15) is 0 Å². The summed E-state index contributed by atoms with van der Waals surface area (Å²) in [5, 5.41) is 0. The van der Waals surface area contributed by atoms with Crippen molar-refractivity contribution in [3.63, 3.8) is 0 Å². The predicted molar refractivity (Wildman–Crippen MR) is 65.8 cm³/mol. The van der Waals surface area contributed by atoms with Crippen molar-refractivity contribution < 1.29 is 9.44 Å². The SMILES string of the molecule is CCCCCOCCCC[SiH](C)C.F. The molecule has 0 aliphatic carbocycles. The minimum absolute atomic E-state index is 0. The second-order valence-electron chi connectivity index (χ2n) is 4.21. The molecule has 0 amide bonds. The molecule has 0 rings (SSSR count). The van der Waals surface area contributed by atoms with Gasteiger partial charge in [0.2, 0.25) is 0 Å². The Morgan fingerprint density at radius 3 is 2.00 bits per heavy atom. The summed E-state index contributed by atoms with van der Waals surface area (Å²) in [6.45, 7) is 9.04. The van der Waals surface area contributed by atoms with E-state index in [0.29, 0.717) is 0 Å². The third-order valence-electron chi connectivity index (χ3n) is 2.21. The molecule has 3 heteroatoms. The fourth-order valence-electron chi connectivity index (χ4n) is 1.31. The van der Waals surface area contributed by atoms with Crippen molar-refractivity contribution in [2.45, 2.75) is 58.2 Å². The third kappa shape index (κ3) is 14.6. The summed E-state index contributed by atoms with van der Waals surface area (Å²) < 4.78 is 5.53. The lowest BCUT2D eigenvalue weighted by Gasteiger charge is -2.04. The quantitative estimate of drug-likeness (QED) is 0.428. The molecule has 0 spiro atoms. The van der Waals surface area contributed by atoms with Crippen LogP contribution < -0.4 is 0 Å². The molecular formula is C11H27FOSi. The lowest BCUT2D eigenvalue weighted by Crippen LogP contribution is -2.01. The highest BCUT2D eigenvalue weighted by Crippen LogP contribution is 2.02. The lowest BCUT2D eigenvalue weighted by molar-refractivity contribution is 0.127. The Bertz CT molecular complexity index is 99.3. The predicted octanol–water partition coefficient (Wildman–Crippen LogP) is 3.61. The van der Waals surface area contributed by atoms with E-state index in [2.05, 4.69) is 20.0 Å². The summed E-state index contributed by atoms with van der Waals surface area (Å²) in [5.74, 6) is 0. The molecule has 0 radical (unpaired) electrons. The van der Waals surface area contributed by atoms with Gasteiger partial charge in [-0.15, -0.1) is 0 Å². The smallest absolute Gasteiger partial charge is 0.0466 e. The maximum Gasteiger partial charge on any atom is 0.0466 e. The molecular weight excluding hydrogens is 195 g/mol. The van der Waals surface area contributed by atoms with Crippen molar-refractivity contribution >= 4 is 8.80 Å². The van der Waals surface area contributed by atoms with Gasteiger partial charge in [-0.25, -0.2) is 0 Å². The standard InChI is InChI=1S/C11H26OSi.FH/c1-4-5-6-9-12-10-7-8-11-13(2)3;/h13H,4-11H2,1-3H3;1H. The van der Waals surface area contributed by atoms with Crippen molar-refractivity contribution in [1.82, 2.24) is 0 Å². The molecule has 0 unspecified atom stereocenters. The maximum atomic E-state index is 5.53. The van der Waals surface area contributed by atoms with Crippen LogP contribution in [-0.4, -0.2) is 22.0 Å². The zero-order chi connectivity index (χ0) is 9.94. The van der Waals surface area contributed by atoms with Crippen LogP contribution in [0, 0.1) is 0 Å². The van der Waals surface area contributed by atoms with E-state index >= 15 is 0 Å². The minimum atomic E-state index is -0.296. The van der Waals surface area contributed by atoms with Crippen molar-refractivity contribution in [1.29, 1.82) is 0 Å². The first-order valence-electron chi connectivity index (χ1n) is 5.85. The van der Waals surface area contributed by atoms with Gasteiger partial charge in [-0.05, 0) is 12.8 Å². The number of unbranched alkanes of at least 4 members (excludes halogenated alkanes) is 3. The largest absolute Gasteiger partial charge is 0.381 e. The van der Waals surface area contributed by atoms with Crippen LogP contribution in [0.1, 0.15) is 39.0 Å². The Morgan fingerprint density at radius 2 is 1.50 bits per heavy atom. The van der Waals surface area contributed by atoms with E-state index in [-0.39, 0.29) is 13.5 Å². The van der Waals surface area contributed by atoms with Crippen LogP contribution in [-0.2, 0) is 4.74 Å². The second-order valence-corrected chi connectivity index (χ2v) is 7.57. The first kappa shape index (κ1) is 16.5. The van der Waals surface area contributed by atoms with E-state index < -0.39 is 0 Å². The van der Waals surface area contributed by atoms with E-state index in [1.807, 2.05) is 0 Å². The van der Waals surface area contributed by atoms with Crippen LogP contribution in [0.15, 0.2) is 0 Å². The number of rotatable bonds is 9. The topological polar surface area (TPSA) is 9.23 Å². The zero-order valence-corrected chi connectivity index (χ0v) is 11.2. The highest BCUT2D eigenvalue weighted by Gasteiger charge is 1.95.